The zero-order valence-corrected chi connectivity index (χ0v) is 11.0. The fourth-order valence-corrected chi connectivity index (χ4v) is 2.69. The van der Waals surface area contributed by atoms with Crippen LogP contribution in [0.1, 0.15) is 10.4 Å². The minimum absolute atomic E-state index is 0.792. The molecule has 0 radical (unpaired) electrons. The lowest BCUT2D eigenvalue weighted by Gasteiger charge is -2.09. The number of benzene rings is 1. The van der Waals surface area contributed by atoms with Crippen LogP contribution in [0.5, 0.6) is 0 Å². The van der Waals surface area contributed by atoms with Crippen LogP contribution in [-0.2, 0) is 6.54 Å². The van der Waals surface area contributed by atoms with Gasteiger partial charge in [0.05, 0.1) is 0 Å². The van der Waals surface area contributed by atoms with Crippen LogP contribution in [0, 0.1) is 6.92 Å². The van der Waals surface area contributed by atoms with E-state index in [2.05, 4.69) is 29.8 Å². The largest absolute Gasteiger partial charge is 0.316 e. The molecule has 1 N–H and O–H groups in total. The zero-order valence-electron chi connectivity index (χ0n) is 9.38. The highest BCUT2D eigenvalue weighted by Crippen LogP contribution is 2.32. The fraction of sp³-hybridized carbons (Fsp3) is 0.231. The minimum Gasteiger partial charge on any atom is -0.316 e. The van der Waals surface area contributed by atoms with Crippen molar-refractivity contribution >= 4 is 22.9 Å². The lowest BCUT2D eigenvalue weighted by atomic mass is 10.0. The molecular formula is C13H14ClNS. The molecule has 0 unspecified atom stereocenters. The van der Waals surface area contributed by atoms with E-state index in [1.807, 2.05) is 19.2 Å². The molecule has 0 aliphatic heterocycles. The predicted molar refractivity (Wildman–Crippen MR) is 72.3 cm³/mol. The molecule has 0 bridgehead atoms. The summed E-state index contributed by atoms with van der Waals surface area (Å²) < 4.78 is 0. The molecule has 0 atom stereocenters. The van der Waals surface area contributed by atoms with Crippen molar-refractivity contribution in [2.24, 2.45) is 0 Å². The first kappa shape index (κ1) is 11.6. The summed E-state index contributed by atoms with van der Waals surface area (Å²) in [6, 6.07) is 8.23. The Morgan fingerprint density at radius 3 is 2.69 bits per heavy atom. The summed E-state index contributed by atoms with van der Waals surface area (Å²) in [6.07, 6.45) is 0. The van der Waals surface area contributed by atoms with Gasteiger partial charge in [-0.2, -0.15) is 0 Å². The minimum atomic E-state index is 0.792. The maximum atomic E-state index is 6.07. The molecule has 3 heteroatoms. The van der Waals surface area contributed by atoms with Crippen molar-refractivity contribution in [1.29, 1.82) is 0 Å². The van der Waals surface area contributed by atoms with Crippen molar-refractivity contribution in [1.82, 2.24) is 5.32 Å². The Balaban J connectivity index is 2.53. The Morgan fingerprint density at radius 1 is 1.25 bits per heavy atom. The van der Waals surface area contributed by atoms with Gasteiger partial charge in [-0.25, -0.2) is 0 Å². The van der Waals surface area contributed by atoms with E-state index in [-0.39, 0.29) is 0 Å². The lowest BCUT2D eigenvalue weighted by Crippen LogP contribution is -2.06. The fourth-order valence-electron chi connectivity index (χ4n) is 1.81. The van der Waals surface area contributed by atoms with Gasteiger partial charge in [0, 0.05) is 16.4 Å². The third kappa shape index (κ3) is 2.29. The van der Waals surface area contributed by atoms with Gasteiger partial charge >= 0.3 is 0 Å². The molecule has 0 saturated carbocycles. The van der Waals surface area contributed by atoms with E-state index in [4.69, 9.17) is 11.6 Å². The second-order valence-corrected chi connectivity index (χ2v) is 5.28. The van der Waals surface area contributed by atoms with E-state index in [0.29, 0.717) is 0 Å². The summed E-state index contributed by atoms with van der Waals surface area (Å²) in [5.74, 6) is 0. The molecule has 0 aliphatic carbocycles. The van der Waals surface area contributed by atoms with E-state index < -0.39 is 0 Å². The molecule has 1 aromatic carbocycles. The zero-order chi connectivity index (χ0) is 11.5. The first-order valence-corrected chi connectivity index (χ1v) is 6.45. The van der Waals surface area contributed by atoms with E-state index >= 15 is 0 Å². The van der Waals surface area contributed by atoms with Crippen molar-refractivity contribution in [3.05, 3.63) is 45.1 Å². The van der Waals surface area contributed by atoms with Gasteiger partial charge < -0.3 is 5.32 Å². The molecule has 2 rings (SSSR count). The predicted octanol–water partition coefficient (Wildman–Crippen LogP) is 4.10. The SMILES string of the molecule is CNCc1ccc(Cl)cc1-c1ccsc1C. The number of hydrogen-bond acceptors (Lipinski definition) is 2. The highest BCUT2D eigenvalue weighted by atomic mass is 35.5. The third-order valence-electron chi connectivity index (χ3n) is 2.59. The highest BCUT2D eigenvalue weighted by Gasteiger charge is 2.08. The molecule has 1 heterocycles. The lowest BCUT2D eigenvalue weighted by molar-refractivity contribution is 0.819. The summed E-state index contributed by atoms with van der Waals surface area (Å²) in [5.41, 5.74) is 3.81. The quantitative estimate of drug-likeness (QED) is 0.866. The highest BCUT2D eigenvalue weighted by molar-refractivity contribution is 7.10. The second-order valence-electron chi connectivity index (χ2n) is 3.72. The summed E-state index contributed by atoms with van der Waals surface area (Å²) >= 11 is 7.84. The monoisotopic (exact) mass is 251 g/mol. The van der Waals surface area contributed by atoms with E-state index in [0.717, 1.165) is 11.6 Å². The first-order chi connectivity index (χ1) is 7.72. The number of thiophene rings is 1. The topological polar surface area (TPSA) is 12.0 Å². The van der Waals surface area contributed by atoms with Gasteiger partial charge in [0.1, 0.15) is 0 Å². The molecule has 0 saturated heterocycles. The average molecular weight is 252 g/mol. The van der Waals surface area contributed by atoms with Gasteiger partial charge in [-0.05, 0) is 54.2 Å². The smallest absolute Gasteiger partial charge is 0.0412 e. The van der Waals surface area contributed by atoms with Crippen LogP contribution >= 0.6 is 22.9 Å². The molecule has 0 aliphatic rings. The first-order valence-electron chi connectivity index (χ1n) is 5.20. The van der Waals surface area contributed by atoms with Crippen LogP contribution in [0.25, 0.3) is 11.1 Å². The average Bonchev–Trinajstić information content (AvgIpc) is 2.67. The van der Waals surface area contributed by atoms with E-state index in [1.54, 1.807) is 11.3 Å². The van der Waals surface area contributed by atoms with Gasteiger partial charge in [0.15, 0.2) is 0 Å². The number of halogens is 1. The van der Waals surface area contributed by atoms with E-state index in [9.17, 15) is 0 Å². The molecule has 0 amide bonds. The Kier molecular flexibility index (Phi) is 3.64. The van der Waals surface area contributed by atoms with Crippen LogP contribution in [-0.4, -0.2) is 7.05 Å². The summed E-state index contributed by atoms with van der Waals surface area (Å²) in [6.45, 7) is 3.01. The summed E-state index contributed by atoms with van der Waals surface area (Å²) in [4.78, 5) is 1.33. The van der Waals surface area contributed by atoms with Gasteiger partial charge in [-0.15, -0.1) is 11.3 Å². The van der Waals surface area contributed by atoms with Crippen molar-refractivity contribution in [2.45, 2.75) is 13.5 Å². The van der Waals surface area contributed by atoms with Crippen molar-refractivity contribution < 1.29 is 0 Å². The number of aryl methyl sites for hydroxylation is 1. The van der Waals surface area contributed by atoms with Gasteiger partial charge in [-0.3, -0.25) is 0 Å². The van der Waals surface area contributed by atoms with Gasteiger partial charge in [-0.1, -0.05) is 17.7 Å². The molecule has 2 aromatic rings. The second kappa shape index (κ2) is 5.00. The van der Waals surface area contributed by atoms with Crippen LogP contribution in [0.4, 0.5) is 0 Å². The maximum Gasteiger partial charge on any atom is 0.0412 e. The van der Waals surface area contributed by atoms with Crippen LogP contribution in [0.15, 0.2) is 29.6 Å². The van der Waals surface area contributed by atoms with Gasteiger partial charge in [0.2, 0.25) is 0 Å². The normalized spacial score (nSPS) is 10.7. The van der Waals surface area contributed by atoms with Crippen molar-refractivity contribution in [2.75, 3.05) is 7.05 Å². The molecule has 1 nitrogen and oxygen atoms in total. The molecule has 0 spiro atoms. The number of hydrogen-bond donors (Lipinski definition) is 1. The Hall–Kier alpha value is -0.830. The van der Waals surface area contributed by atoms with Crippen LogP contribution < -0.4 is 5.32 Å². The van der Waals surface area contributed by atoms with Crippen LogP contribution in [0.3, 0.4) is 0 Å². The Bertz CT molecular complexity index is 490. The maximum absolute atomic E-state index is 6.07. The molecular weight excluding hydrogens is 238 g/mol. The molecule has 16 heavy (non-hydrogen) atoms. The standard InChI is InChI=1S/C13H14ClNS/c1-9-12(5-6-16-9)13-7-11(14)4-3-10(13)8-15-2/h3-7,15H,8H2,1-2H3. The van der Waals surface area contributed by atoms with Crippen LogP contribution in [0.2, 0.25) is 5.02 Å². The molecule has 84 valence electrons. The third-order valence-corrected chi connectivity index (χ3v) is 3.67. The van der Waals surface area contributed by atoms with Crippen molar-refractivity contribution in [3.63, 3.8) is 0 Å². The molecule has 0 fully saturated rings. The van der Waals surface area contributed by atoms with Crippen molar-refractivity contribution in [3.8, 4) is 11.1 Å². The number of nitrogens with one attached hydrogen (secondary N) is 1. The number of rotatable bonds is 3. The van der Waals surface area contributed by atoms with E-state index in [1.165, 1.54) is 21.6 Å². The Labute approximate surface area is 105 Å². The van der Waals surface area contributed by atoms with Gasteiger partial charge in [0.25, 0.3) is 0 Å². The summed E-state index contributed by atoms with van der Waals surface area (Å²) in [7, 11) is 1.96. The molecule has 1 aromatic heterocycles. The summed E-state index contributed by atoms with van der Waals surface area (Å²) in [5, 5.41) is 6.10. The Morgan fingerprint density at radius 2 is 2.06 bits per heavy atom.